The number of aromatic nitrogens is 3. The first kappa shape index (κ1) is 24.8. The molecule has 4 rings (SSSR count). The Morgan fingerprint density at radius 3 is 2.66 bits per heavy atom. The fourth-order valence-corrected chi connectivity index (χ4v) is 4.33. The van der Waals surface area contributed by atoms with Gasteiger partial charge in [0.2, 0.25) is 5.82 Å². The second-order valence-corrected chi connectivity index (χ2v) is 8.34. The van der Waals surface area contributed by atoms with E-state index in [4.69, 9.17) is 9.47 Å². The van der Waals surface area contributed by atoms with Gasteiger partial charge in [-0.3, -0.25) is 4.79 Å². The second kappa shape index (κ2) is 8.72. The quantitative estimate of drug-likeness (QED) is 0.520. The number of aliphatic hydroxyl groups is 1. The van der Waals surface area contributed by atoms with Crippen molar-refractivity contribution in [1.82, 2.24) is 14.6 Å². The summed E-state index contributed by atoms with van der Waals surface area (Å²) >= 11 is 0. The Bertz CT molecular complexity index is 1280. The van der Waals surface area contributed by atoms with Crippen molar-refractivity contribution in [3.63, 3.8) is 0 Å². The Hall–Kier alpha value is -3.32. The molecule has 4 atom stereocenters. The van der Waals surface area contributed by atoms with Crippen LogP contribution in [-0.4, -0.2) is 50.6 Å². The molecule has 188 valence electrons. The molecule has 2 aromatic heterocycles. The SMILES string of the molecule is COc1c([C@H]2[C@H](C(=O)Nc3ccn4nc(CO)nc4c3)O[C@@](C)(C(F)(F)F)[C@H]2C)ccc(F)c1F. The maximum absolute atomic E-state index is 14.4. The third-order valence-corrected chi connectivity index (χ3v) is 6.36. The molecule has 0 spiro atoms. The first-order chi connectivity index (χ1) is 16.4. The van der Waals surface area contributed by atoms with Crippen LogP contribution in [0.3, 0.4) is 0 Å². The van der Waals surface area contributed by atoms with Gasteiger partial charge >= 0.3 is 6.18 Å². The molecule has 1 aliphatic rings. The van der Waals surface area contributed by atoms with Crippen molar-refractivity contribution in [2.24, 2.45) is 5.92 Å². The summed E-state index contributed by atoms with van der Waals surface area (Å²) in [6.07, 6.45) is -5.16. The van der Waals surface area contributed by atoms with Crippen LogP contribution in [0.4, 0.5) is 27.6 Å². The van der Waals surface area contributed by atoms with Crippen LogP contribution in [0, 0.1) is 17.6 Å². The summed E-state index contributed by atoms with van der Waals surface area (Å²) in [6, 6.07) is 4.67. The number of benzene rings is 1. The highest BCUT2D eigenvalue weighted by atomic mass is 19.4. The number of carbonyl (C=O) groups excluding carboxylic acids is 1. The van der Waals surface area contributed by atoms with E-state index in [-0.39, 0.29) is 22.7 Å². The molecule has 8 nitrogen and oxygen atoms in total. The van der Waals surface area contributed by atoms with E-state index in [0.717, 1.165) is 26.2 Å². The average Bonchev–Trinajstić information content (AvgIpc) is 3.34. The first-order valence-electron chi connectivity index (χ1n) is 10.4. The maximum Gasteiger partial charge on any atom is 0.417 e. The number of hydrogen-bond donors (Lipinski definition) is 2. The van der Waals surface area contributed by atoms with Crippen LogP contribution < -0.4 is 10.1 Å². The maximum atomic E-state index is 14.4. The molecular weight excluding hydrogens is 479 g/mol. The molecule has 13 heteroatoms. The predicted octanol–water partition coefficient (Wildman–Crippen LogP) is 3.59. The van der Waals surface area contributed by atoms with Gasteiger partial charge in [-0.05, 0) is 19.1 Å². The Balaban J connectivity index is 1.74. The molecule has 3 aromatic rings. The summed E-state index contributed by atoms with van der Waals surface area (Å²) in [5, 5.41) is 15.7. The first-order valence-corrected chi connectivity index (χ1v) is 10.4. The number of hydrogen-bond acceptors (Lipinski definition) is 6. The zero-order valence-electron chi connectivity index (χ0n) is 18.7. The number of ether oxygens (including phenoxy) is 2. The number of halogens is 5. The number of pyridine rings is 1. The van der Waals surface area contributed by atoms with Gasteiger partial charge in [-0.1, -0.05) is 13.0 Å². The van der Waals surface area contributed by atoms with Crippen LogP contribution in [0.15, 0.2) is 30.5 Å². The molecule has 3 heterocycles. The zero-order chi connectivity index (χ0) is 25.7. The van der Waals surface area contributed by atoms with E-state index in [9.17, 15) is 31.9 Å². The van der Waals surface area contributed by atoms with Gasteiger partial charge < -0.3 is 19.9 Å². The minimum absolute atomic E-state index is 0.132. The number of aliphatic hydroxyl groups excluding tert-OH is 1. The number of methoxy groups -OCH3 is 1. The Morgan fingerprint density at radius 1 is 1.31 bits per heavy atom. The zero-order valence-corrected chi connectivity index (χ0v) is 18.7. The van der Waals surface area contributed by atoms with Gasteiger partial charge in [-0.25, -0.2) is 13.9 Å². The minimum atomic E-state index is -4.87. The van der Waals surface area contributed by atoms with Crippen LogP contribution in [0.5, 0.6) is 5.75 Å². The monoisotopic (exact) mass is 500 g/mol. The highest BCUT2D eigenvalue weighted by Gasteiger charge is 2.65. The molecule has 0 aliphatic carbocycles. The summed E-state index contributed by atoms with van der Waals surface area (Å²) in [5.74, 6) is -6.74. The van der Waals surface area contributed by atoms with Crippen molar-refractivity contribution >= 4 is 17.2 Å². The van der Waals surface area contributed by atoms with E-state index >= 15 is 0 Å². The lowest BCUT2D eigenvalue weighted by Gasteiger charge is -2.32. The Kier molecular flexibility index (Phi) is 6.18. The van der Waals surface area contributed by atoms with E-state index in [2.05, 4.69) is 15.4 Å². The number of nitrogens with one attached hydrogen (secondary N) is 1. The molecule has 1 saturated heterocycles. The fraction of sp³-hybridized carbons (Fsp3) is 0.409. The number of carbonyl (C=O) groups is 1. The Morgan fingerprint density at radius 2 is 2.03 bits per heavy atom. The third kappa shape index (κ3) is 4.08. The van der Waals surface area contributed by atoms with Gasteiger partial charge in [0.15, 0.2) is 28.6 Å². The molecule has 1 fully saturated rings. The fourth-order valence-electron chi connectivity index (χ4n) is 4.33. The molecule has 0 radical (unpaired) electrons. The van der Waals surface area contributed by atoms with Crippen LogP contribution in [0.25, 0.3) is 5.65 Å². The standard InChI is InChI=1S/C22H21F5N4O4/c1-10-16(12-4-5-13(23)17(24)18(12)34-3)19(35-21(10,2)22(25,26)27)20(33)28-11-6-7-31-15(8-11)29-14(9-32)30-31/h4-8,10,16,19,32H,9H2,1-3H3,(H,28,33)/t10-,16-,19+,21+/m0/s1. The van der Waals surface area contributed by atoms with Crippen LogP contribution >= 0.6 is 0 Å². The highest BCUT2D eigenvalue weighted by molar-refractivity contribution is 5.95. The molecule has 0 bridgehead atoms. The topological polar surface area (TPSA) is 98.0 Å². The van der Waals surface area contributed by atoms with E-state index in [1.807, 2.05) is 0 Å². The van der Waals surface area contributed by atoms with Crippen molar-refractivity contribution in [1.29, 1.82) is 0 Å². The van der Waals surface area contributed by atoms with Crippen LogP contribution in [0.2, 0.25) is 0 Å². The van der Waals surface area contributed by atoms with Gasteiger partial charge in [0.05, 0.1) is 7.11 Å². The summed E-state index contributed by atoms with van der Waals surface area (Å²) in [7, 11) is 1.05. The largest absolute Gasteiger partial charge is 0.493 e. The van der Waals surface area contributed by atoms with Gasteiger partial charge in [-0.15, -0.1) is 5.10 Å². The van der Waals surface area contributed by atoms with Crippen molar-refractivity contribution in [2.45, 2.75) is 44.3 Å². The van der Waals surface area contributed by atoms with Crippen molar-refractivity contribution in [3.8, 4) is 5.75 Å². The number of alkyl halides is 3. The summed E-state index contributed by atoms with van der Waals surface area (Å²) < 4.78 is 81.9. The van der Waals surface area contributed by atoms with E-state index in [1.165, 1.54) is 29.8 Å². The molecule has 0 unspecified atom stereocenters. The number of anilines is 1. The number of rotatable bonds is 5. The molecule has 1 aliphatic heterocycles. The van der Waals surface area contributed by atoms with Gasteiger partial charge in [0, 0.05) is 35.3 Å². The lowest BCUT2D eigenvalue weighted by Crippen LogP contribution is -2.47. The van der Waals surface area contributed by atoms with Crippen molar-refractivity contribution in [3.05, 3.63) is 53.5 Å². The van der Waals surface area contributed by atoms with Gasteiger partial charge in [0.25, 0.3) is 5.91 Å². The number of fused-ring (bicyclic) bond motifs is 1. The highest BCUT2D eigenvalue weighted by Crippen LogP contribution is 2.55. The molecule has 0 saturated carbocycles. The predicted molar refractivity (Wildman–Crippen MR) is 112 cm³/mol. The van der Waals surface area contributed by atoms with Crippen LogP contribution in [0.1, 0.15) is 31.2 Å². The summed E-state index contributed by atoms with van der Waals surface area (Å²) in [6.45, 7) is 1.62. The third-order valence-electron chi connectivity index (χ3n) is 6.36. The van der Waals surface area contributed by atoms with Gasteiger partial charge in [0.1, 0.15) is 12.7 Å². The van der Waals surface area contributed by atoms with E-state index in [0.29, 0.717) is 0 Å². The number of nitrogens with zero attached hydrogens (tertiary/aromatic N) is 3. The van der Waals surface area contributed by atoms with Gasteiger partial charge in [-0.2, -0.15) is 17.6 Å². The van der Waals surface area contributed by atoms with Crippen molar-refractivity contribution in [2.75, 3.05) is 12.4 Å². The normalized spacial score (nSPS) is 24.7. The van der Waals surface area contributed by atoms with Crippen LogP contribution in [-0.2, 0) is 16.1 Å². The molecular formula is C22H21F5N4O4. The van der Waals surface area contributed by atoms with E-state index in [1.54, 1.807) is 0 Å². The average molecular weight is 500 g/mol. The number of amides is 1. The molecule has 2 N–H and O–H groups in total. The molecule has 1 amide bonds. The molecule has 1 aromatic carbocycles. The van der Waals surface area contributed by atoms with E-state index < -0.39 is 59.6 Å². The lowest BCUT2D eigenvalue weighted by atomic mass is 9.77. The molecule has 35 heavy (non-hydrogen) atoms. The summed E-state index contributed by atoms with van der Waals surface area (Å²) in [4.78, 5) is 17.3. The minimum Gasteiger partial charge on any atom is -0.493 e. The van der Waals surface area contributed by atoms with Crippen molar-refractivity contribution < 1.29 is 41.3 Å². The smallest absolute Gasteiger partial charge is 0.417 e. The lowest BCUT2D eigenvalue weighted by molar-refractivity contribution is -0.272. The summed E-state index contributed by atoms with van der Waals surface area (Å²) in [5.41, 5.74) is -2.45. The second-order valence-electron chi connectivity index (χ2n) is 8.34. The Labute approximate surface area is 195 Å².